The number of carbonyl (C=O) groups excluding carboxylic acids is 2. The lowest BCUT2D eigenvalue weighted by Crippen LogP contribution is -2.58. The third kappa shape index (κ3) is 4.64. The highest BCUT2D eigenvalue weighted by Gasteiger charge is 2.31. The maximum atomic E-state index is 12.2. The molecular formula is C13H26N2O3. The standard InChI is InChI=1S/C13H26N2O3/c1-6-13(7-2,8-16)15-12(18)11(9(3)4)14-10(5)17/h9,11,16H,6-8H2,1-5H3,(H,14,17)(H,15,18). The van der Waals surface area contributed by atoms with Crippen molar-refractivity contribution in [3.63, 3.8) is 0 Å². The van der Waals surface area contributed by atoms with Gasteiger partial charge in [-0.3, -0.25) is 9.59 Å². The summed E-state index contributed by atoms with van der Waals surface area (Å²) in [7, 11) is 0. The van der Waals surface area contributed by atoms with Crippen molar-refractivity contribution in [1.29, 1.82) is 0 Å². The molecule has 18 heavy (non-hydrogen) atoms. The number of hydrogen-bond donors (Lipinski definition) is 3. The van der Waals surface area contributed by atoms with Gasteiger partial charge in [0.05, 0.1) is 12.1 Å². The van der Waals surface area contributed by atoms with E-state index in [2.05, 4.69) is 10.6 Å². The van der Waals surface area contributed by atoms with Crippen LogP contribution in [0.25, 0.3) is 0 Å². The van der Waals surface area contributed by atoms with Gasteiger partial charge in [0.2, 0.25) is 11.8 Å². The molecular weight excluding hydrogens is 232 g/mol. The van der Waals surface area contributed by atoms with Gasteiger partial charge >= 0.3 is 0 Å². The molecule has 0 fully saturated rings. The molecule has 0 aromatic carbocycles. The molecule has 1 unspecified atom stereocenters. The van der Waals surface area contributed by atoms with Crippen molar-refractivity contribution >= 4 is 11.8 Å². The summed E-state index contributed by atoms with van der Waals surface area (Å²) in [4.78, 5) is 23.3. The summed E-state index contributed by atoms with van der Waals surface area (Å²) in [6.45, 7) is 8.88. The van der Waals surface area contributed by atoms with E-state index in [1.165, 1.54) is 6.92 Å². The Morgan fingerprint density at radius 3 is 2.00 bits per heavy atom. The number of amides is 2. The number of aliphatic hydroxyl groups is 1. The number of aliphatic hydroxyl groups excluding tert-OH is 1. The van der Waals surface area contributed by atoms with Gasteiger partial charge in [0.25, 0.3) is 0 Å². The van der Waals surface area contributed by atoms with Crippen LogP contribution in [0.5, 0.6) is 0 Å². The summed E-state index contributed by atoms with van der Waals surface area (Å²) in [5.74, 6) is -0.469. The minimum Gasteiger partial charge on any atom is -0.394 e. The van der Waals surface area contributed by atoms with E-state index in [9.17, 15) is 14.7 Å². The van der Waals surface area contributed by atoms with Crippen LogP contribution in [-0.2, 0) is 9.59 Å². The molecule has 3 N–H and O–H groups in total. The van der Waals surface area contributed by atoms with E-state index < -0.39 is 11.6 Å². The van der Waals surface area contributed by atoms with Crippen molar-refractivity contribution in [2.24, 2.45) is 5.92 Å². The maximum Gasteiger partial charge on any atom is 0.243 e. The molecule has 0 heterocycles. The molecule has 0 aliphatic carbocycles. The minimum atomic E-state index is -0.595. The van der Waals surface area contributed by atoms with Crippen LogP contribution in [0.3, 0.4) is 0 Å². The van der Waals surface area contributed by atoms with Crippen LogP contribution in [0.2, 0.25) is 0 Å². The normalized spacial score (nSPS) is 13.3. The monoisotopic (exact) mass is 258 g/mol. The van der Waals surface area contributed by atoms with Gasteiger partial charge in [0, 0.05) is 6.92 Å². The fourth-order valence-corrected chi connectivity index (χ4v) is 1.78. The fourth-order valence-electron chi connectivity index (χ4n) is 1.78. The Bertz CT molecular complexity index is 278. The largest absolute Gasteiger partial charge is 0.394 e. The maximum absolute atomic E-state index is 12.2. The third-order valence-electron chi connectivity index (χ3n) is 3.35. The topological polar surface area (TPSA) is 78.4 Å². The molecule has 2 amide bonds. The van der Waals surface area contributed by atoms with Crippen LogP contribution >= 0.6 is 0 Å². The zero-order valence-corrected chi connectivity index (χ0v) is 12.0. The Morgan fingerprint density at radius 2 is 1.72 bits per heavy atom. The van der Waals surface area contributed by atoms with Crippen molar-refractivity contribution in [2.45, 2.75) is 59.0 Å². The molecule has 1 atom stereocenters. The van der Waals surface area contributed by atoms with E-state index in [1.54, 1.807) is 0 Å². The zero-order chi connectivity index (χ0) is 14.3. The second-order valence-electron chi connectivity index (χ2n) is 5.06. The SMILES string of the molecule is CCC(CC)(CO)NC(=O)C(NC(C)=O)C(C)C. The molecule has 0 aromatic heterocycles. The Kier molecular flexibility index (Phi) is 6.91. The van der Waals surface area contributed by atoms with Gasteiger partial charge in [-0.2, -0.15) is 0 Å². The van der Waals surface area contributed by atoms with Crippen LogP contribution in [0, 0.1) is 5.92 Å². The van der Waals surface area contributed by atoms with E-state index in [0.29, 0.717) is 12.8 Å². The van der Waals surface area contributed by atoms with E-state index >= 15 is 0 Å². The van der Waals surface area contributed by atoms with Gasteiger partial charge in [-0.15, -0.1) is 0 Å². The zero-order valence-electron chi connectivity index (χ0n) is 12.0. The van der Waals surface area contributed by atoms with E-state index in [0.717, 1.165) is 0 Å². The van der Waals surface area contributed by atoms with Crippen LogP contribution in [0.15, 0.2) is 0 Å². The highest BCUT2D eigenvalue weighted by atomic mass is 16.3. The smallest absolute Gasteiger partial charge is 0.243 e. The number of rotatable bonds is 7. The second kappa shape index (κ2) is 7.36. The molecule has 106 valence electrons. The fraction of sp³-hybridized carbons (Fsp3) is 0.846. The number of hydrogen-bond acceptors (Lipinski definition) is 3. The molecule has 0 aliphatic heterocycles. The quantitative estimate of drug-likeness (QED) is 0.632. The van der Waals surface area contributed by atoms with E-state index in [4.69, 9.17) is 0 Å². The van der Waals surface area contributed by atoms with Gasteiger partial charge in [0.15, 0.2) is 0 Å². The average molecular weight is 258 g/mol. The molecule has 5 heteroatoms. The van der Waals surface area contributed by atoms with Gasteiger partial charge in [-0.1, -0.05) is 27.7 Å². The molecule has 0 saturated heterocycles. The molecule has 0 saturated carbocycles. The molecule has 0 rings (SSSR count). The predicted molar refractivity (Wildman–Crippen MR) is 71.0 cm³/mol. The number of carbonyl (C=O) groups is 2. The molecule has 0 bridgehead atoms. The van der Waals surface area contributed by atoms with E-state index in [1.807, 2.05) is 27.7 Å². The van der Waals surface area contributed by atoms with Crippen molar-refractivity contribution in [1.82, 2.24) is 10.6 Å². The Morgan fingerprint density at radius 1 is 1.22 bits per heavy atom. The van der Waals surface area contributed by atoms with Crippen LogP contribution in [0.4, 0.5) is 0 Å². The van der Waals surface area contributed by atoms with Gasteiger partial charge in [-0.25, -0.2) is 0 Å². The lowest BCUT2D eigenvalue weighted by molar-refractivity contribution is -0.131. The minimum absolute atomic E-state index is 0.000921. The summed E-state index contributed by atoms with van der Waals surface area (Å²) >= 11 is 0. The predicted octanol–water partition coefficient (Wildman–Crippen LogP) is 0.814. The van der Waals surface area contributed by atoms with Crippen molar-refractivity contribution in [3.8, 4) is 0 Å². The molecule has 0 radical (unpaired) electrons. The lowest BCUT2D eigenvalue weighted by atomic mass is 9.92. The summed E-state index contributed by atoms with van der Waals surface area (Å²) in [6.07, 6.45) is 1.30. The van der Waals surface area contributed by atoms with Crippen molar-refractivity contribution in [2.75, 3.05) is 6.61 Å². The Hall–Kier alpha value is -1.10. The average Bonchev–Trinajstić information content (AvgIpc) is 2.32. The summed E-state index contributed by atoms with van der Waals surface area (Å²) in [5.41, 5.74) is -0.595. The van der Waals surface area contributed by atoms with Gasteiger partial charge in [-0.05, 0) is 18.8 Å². The highest BCUT2D eigenvalue weighted by Crippen LogP contribution is 2.15. The van der Waals surface area contributed by atoms with Crippen LogP contribution in [0.1, 0.15) is 47.5 Å². The van der Waals surface area contributed by atoms with Gasteiger partial charge in [0.1, 0.15) is 6.04 Å². The highest BCUT2D eigenvalue weighted by molar-refractivity contribution is 5.87. The number of nitrogens with one attached hydrogen (secondary N) is 2. The summed E-state index contributed by atoms with van der Waals surface area (Å²) < 4.78 is 0. The van der Waals surface area contributed by atoms with Crippen molar-refractivity contribution in [3.05, 3.63) is 0 Å². The van der Waals surface area contributed by atoms with Crippen LogP contribution < -0.4 is 10.6 Å². The molecule has 0 aromatic rings. The molecule has 0 aliphatic rings. The lowest BCUT2D eigenvalue weighted by Gasteiger charge is -2.33. The first kappa shape index (κ1) is 16.9. The third-order valence-corrected chi connectivity index (χ3v) is 3.35. The van der Waals surface area contributed by atoms with Gasteiger partial charge < -0.3 is 15.7 Å². The second-order valence-corrected chi connectivity index (χ2v) is 5.06. The van der Waals surface area contributed by atoms with E-state index in [-0.39, 0.29) is 24.3 Å². The molecule has 5 nitrogen and oxygen atoms in total. The Labute approximate surface area is 109 Å². The first-order valence-corrected chi connectivity index (χ1v) is 6.51. The van der Waals surface area contributed by atoms with Crippen LogP contribution in [-0.4, -0.2) is 35.1 Å². The summed E-state index contributed by atoms with van der Waals surface area (Å²) in [6, 6.07) is -0.563. The first-order chi connectivity index (χ1) is 8.31. The van der Waals surface area contributed by atoms with Crippen molar-refractivity contribution < 1.29 is 14.7 Å². The molecule has 0 spiro atoms. The first-order valence-electron chi connectivity index (χ1n) is 6.51. The summed E-state index contributed by atoms with van der Waals surface area (Å²) in [5, 5.41) is 14.9. The Balaban J connectivity index is 4.83.